The molecule has 0 spiro atoms. The fraction of sp³-hybridized carbons (Fsp3) is 0.684. The van der Waals surface area contributed by atoms with Crippen LogP contribution in [0.4, 0.5) is 0 Å². The Bertz CT molecular complexity index is 723. The van der Waals surface area contributed by atoms with E-state index < -0.39 is 10.0 Å². The highest BCUT2D eigenvalue weighted by atomic mass is 32.2. The van der Waals surface area contributed by atoms with Gasteiger partial charge in [-0.3, -0.25) is 0 Å². The van der Waals surface area contributed by atoms with Gasteiger partial charge in [0, 0.05) is 18.9 Å². The van der Waals surface area contributed by atoms with E-state index in [0.29, 0.717) is 17.1 Å². The van der Waals surface area contributed by atoms with Gasteiger partial charge in [0.1, 0.15) is 5.75 Å². The molecule has 0 amide bonds. The van der Waals surface area contributed by atoms with Crippen molar-refractivity contribution in [2.24, 2.45) is 0 Å². The number of quaternary nitrogens is 1. The molecule has 1 fully saturated rings. The minimum absolute atomic E-state index is 0.0126. The van der Waals surface area contributed by atoms with E-state index in [0.717, 1.165) is 24.2 Å². The first-order valence-electron chi connectivity index (χ1n) is 8.99. The minimum atomic E-state index is -3.56. The lowest BCUT2D eigenvalue weighted by Crippen LogP contribution is -3.06. The van der Waals surface area contributed by atoms with Gasteiger partial charge in [-0.25, -0.2) is 13.1 Å². The normalized spacial score (nSPS) is 20.4. The number of aryl methyl sites for hydroxylation is 2. The molecule has 5 nitrogen and oxygen atoms in total. The predicted octanol–water partition coefficient (Wildman–Crippen LogP) is 2.26. The summed E-state index contributed by atoms with van der Waals surface area (Å²) in [6.07, 6.45) is 1.62. The van der Waals surface area contributed by atoms with Crippen molar-refractivity contribution in [2.45, 2.75) is 83.3 Å². The minimum Gasteiger partial charge on any atom is -0.494 e. The highest BCUT2D eigenvalue weighted by Gasteiger charge is 2.43. The van der Waals surface area contributed by atoms with Crippen LogP contribution in [0.25, 0.3) is 0 Å². The summed E-state index contributed by atoms with van der Waals surface area (Å²) in [5, 5.41) is 2.34. The van der Waals surface area contributed by atoms with Crippen LogP contribution < -0.4 is 14.8 Å². The van der Waals surface area contributed by atoms with Crippen LogP contribution in [0.5, 0.6) is 5.75 Å². The van der Waals surface area contributed by atoms with Gasteiger partial charge in [0.15, 0.2) is 0 Å². The number of nitrogens with one attached hydrogen (secondary N) is 1. The maximum Gasteiger partial charge on any atom is 0.241 e. The largest absolute Gasteiger partial charge is 0.494 e. The number of sulfonamides is 1. The van der Waals surface area contributed by atoms with E-state index in [4.69, 9.17) is 4.74 Å². The topological polar surface area (TPSA) is 72.0 Å². The summed E-state index contributed by atoms with van der Waals surface area (Å²) in [7, 11) is -3.56. The van der Waals surface area contributed by atoms with Crippen molar-refractivity contribution in [2.75, 3.05) is 6.61 Å². The summed E-state index contributed by atoms with van der Waals surface area (Å²) >= 11 is 0. The van der Waals surface area contributed by atoms with Crippen LogP contribution >= 0.6 is 0 Å². The highest BCUT2D eigenvalue weighted by molar-refractivity contribution is 7.89. The van der Waals surface area contributed by atoms with E-state index in [9.17, 15) is 8.42 Å². The number of piperidine rings is 1. The van der Waals surface area contributed by atoms with Crippen molar-refractivity contribution in [3.8, 4) is 5.75 Å². The first kappa shape index (κ1) is 20.2. The lowest BCUT2D eigenvalue weighted by Gasteiger charge is -2.43. The zero-order valence-corrected chi connectivity index (χ0v) is 17.4. The zero-order chi connectivity index (χ0) is 19.0. The number of nitrogens with two attached hydrogens (primary N) is 1. The molecule has 0 atom stereocenters. The molecule has 142 valence electrons. The van der Waals surface area contributed by atoms with Gasteiger partial charge in [-0.15, -0.1) is 0 Å². The summed E-state index contributed by atoms with van der Waals surface area (Å²) < 4.78 is 34.5. The Kier molecular flexibility index (Phi) is 5.57. The number of ether oxygens (including phenoxy) is 1. The molecular weight excluding hydrogens is 336 g/mol. The lowest BCUT2D eigenvalue weighted by atomic mass is 9.80. The Labute approximate surface area is 152 Å². The molecule has 1 heterocycles. The van der Waals surface area contributed by atoms with Crippen LogP contribution in [0.1, 0.15) is 58.6 Å². The Morgan fingerprint density at radius 2 is 1.68 bits per heavy atom. The van der Waals surface area contributed by atoms with Crippen molar-refractivity contribution in [3.05, 3.63) is 23.3 Å². The Hall–Kier alpha value is -1.11. The molecular formula is C19H33N2O3S+. The summed E-state index contributed by atoms with van der Waals surface area (Å²) in [5.74, 6) is 0.744. The molecule has 1 aromatic rings. The molecule has 0 radical (unpaired) electrons. The Morgan fingerprint density at radius 3 is 2.20 bits per heavy atom. The van der Waals surface area contributed by atoms with Crippen LogP contribution in [0.2, 0.25) is 0 Å². The van der Waals surface area contributed by atoms with Crippen LogP contribution in [0.15, 0.2) is 17.0 Å². The molecule has 2 rings (SSSR count). The number of hydrogen-bond acceptors (Lipinski definition) is 3. The predicted molar refractivity (Wildman–Crippen MR) is 101 cm³/mol. The van der Waals surface area contributed by atoms with E-state index >= 15 is 0 Å². The standard InChI is InChI=1S/C19H32N2O3S/c1-8-24-16-9-14(3)17(10-13(16)2)25(22,23)20-15-11-18(4,5)21-19(6,7)12-15/h9-10,15,20-21H,8,11-12H2,1-7H3/p+1. The van der Waals surface area contributed by atoms with E-state index in [-0.39, 0.29) is 17.1 Å². The van der Waals surface area contributed by atoms with Crippen LogP contribution in [0.3, 0.4) is 0 Å². The smallest absolute Gasteiger partial charge is 0.241 e. The average Bonchev–Trinajstić information content (AvgIpc) is 2.38. The number of rotatable bonds is 5. The van der Waals surface area contributed by atoms with E-state index in [1.807, 2.05) is 26.8 Å². The van der Waals surface area contributed by atoms with Crippen molar-refractivity contribution in [1.82, 2.24) is 4.72 Å². The third-order valence-corrected chi connectivity index (χ3v) is 6.37. The van der Waals surface area contributed by atoms with Crippen LogP contribution in [-0.2, 0) is 10.0 Å². The molecule has 25 heavy (non-hydrogen) atoms. The van der Waals surface area contributed by atoms with E-state index in [2.05, 4.69) is 37.7 Å². The Morgan fingerprint density at radius 1 is 1.12 bits per heavy atom. The molecule has 0 aliphatic carbocycles. The Balaban J connectivity index is 2.29. The first-order valence-corrected chi connectivity index (χ1v) is 10.5. The van der Waals surface area contributed by atoms with Gasteiger partial charge in [-0.05, 0) is 71.7 Å². The zero-order valence-electron chi connectivity index (χ0n) is 16.6. The van der Waals surface area contributed by atoms with Crippen molar-refractivity contribution >= 4 is 10.0 Å². The second kappa shape index (κ2) is 6.89. The molecule has 3 N–H and O–H groups in total. The number of benzene rings is 1. The third kappa shape index (κ3) is 4.96. The second-order valence-corrected chi connectivity index (χ2v) is 10.3. The van der Waals surface area contributed by atoms with Gasteiger partial charge >= 0.3 is 0 Å². The summed E-state index contributed by atoms with van der Waals surface area (Å²) in [5.41, 5.74) is 1.57. The number of hydrogen-bond donors (Lipinski definition) is 2. The first-order chi connectivity index (χ1) is 11.4. The van der Waals surface area contributed by atoms with Gasteiger partial charge in [0.2, 0.25) is 10.0 Å². The van der Waals surface area contributed by atoms with Crippen molar-refractivity contribution in [3.63, 3.8) is 0 Å². The SMILES string of the molecule is CCOc1cc(C)c(S(=O)(=O)NC2CC(C)(C)[NH2+]C(C)(C)C2)cc1C. The summed E-state index contributed by atoms with van der Waals surface area (Å²) in [4.78, 5) is 0.346. The van der Waals surface area contributed by atoms with Gasteiger partial charge in [0.25, 0.3) is 0 Å². The quantitative estimate of drug-likeness (QED) is 0.836. The lowest BCUT2D eigenvalue weighted by molar-refractivity contribution is -0.787. The molecule has 1 aliphatic rings. The van der Waals surface area contributed by atoms with Crippen LogP contribution in [-0.4, -0.2) is 32.1 Å². The summed E-state index contributed by atoms with van der Waals surface area (Å²) in [6.45, 7) is 14.9. The molecule has 0 saturated carbocycles. The maximum absolute atomic E-state index is 13.0. The summed E-state index contributed by atoms with van der Waals surface area (Å²) in [6, 6.07) is 3.47. The van der Waals surface area contributed by atoms with Gasteiger partial charge < -0.3 is 10.1 Å². The van der Waals surface area contributed by atoms with Gasteiger partial charge in [-0.1, -0.05) is 0 Å². The molecule has 1 aliphatic heterocycles. The molecule has 1 saturated heterocycles. The maximum atomic E-state index is 13.0. The molecule has 0 aromatic heterocycles. The molecule has 6 heteroatoms. The molecule has 1 aromatic carbocycles. The monoisotopic (exact) mass is 369 g/mol. The third-order valence-electron chi connectivity index (χ3n) is 4.71. The van der Waals surface area contributed by atoms with Crippen molar-refractivity contribution in [1.29, 1.82) is 0 Å². The van der Waals surface area contributed by atoms with Crippen molar-refractivity contribution < 1.29 is 18.5 Å². The molecule has 0 unspecified atom stereocenters. The highest BCUT2D eigenvalue weighted by Crippen LogP contribution is 2.28. The second-order valence-electron chi connectivity index (χ2n) is 8.66. The fourth-order valence-corrected chi connectivity index (χ4v) is 5.80. The van der Waals surface area contributed by atoms with Crippen LogP contribution in [0, 0.1) is 13.8 Å². The average molecular weight is 370 g/mol. The van der Waals surface area contributed by atoms with Gasteiger partial charge in [0.05, 0.1) is 22.6 Å². The van der Waals surface area contributed by atoms with E-state index in [1.54, 1.807) is 6.07 Å². The van der Waals surface area contributed by atoms with E-state index in [1.165, 1.54) is 0 Å². The molecule has 0 bridgehead atoms. The van der Waals surface area contributed by atoms with Gasteiger partial charge in [-0.2, -0.15) is 0 Å². The fourth-order valence-electron chi connectivity index (χ4n) is 4.25.